The van der Waals surface area contributed by atoms with E-state index in [0.717, 1.165) is 38.5 Å². The summed E-state index contributed by atoms with van der Waals surface area (Å²) in [6, 6.07) is 0. The normalized spacial score (nSPS) is 15.3. The Morgan fingerprint density at radius 1 is 0.846 bits per heavy atom. The fourth-order valence-electron chi connectivity index (χ4n) is 3.78. The van der Waals surface area contributed by atoms with E-state index in [1.165, 1.54) is 16.7 Å². The van der Waals surface area contributed by atoms with Gasteiger partial charge in [0.05, 0.1) is 58.1 Å². The summed E-state index contributed by atoms with van der Waals surface area (Å²) in [5.74, 6) is 0.577. The number of thioether (sulfide) groups is 1. The standard InChI is InChI=1S/C27H49N3O8S/c1-23(31)8-4-2-7-12-30-26(33)22-24(27(30)34)39-21-20-38-19-18-37-17-16-36-15-14-35-13-9-25(32)29-11-6-3-5-10-28/h24H,2-22,28H2,1H3,(H,29,32). The second kappa shape index (κ2) is 24.2. The van der Waals surface area contributed by atoms with Crippen molar-refractivity contribution in [1.82, 2.24) is 10.2 Å². The van der Waals surface area contributed by atoms with Crippen LogP contribution in [0.5, 0.6) is 0 Å². The number of rotatable bonds is 27. The third kappa shape index (κ3) is 19.2. The molecule has 0 spiro atoms. The smallest absolute Gasteiger partial charge is 0.242 e. The topological polar surface area (TPSA) is 146 Å². The van der Waals surface area contributed by atoms with Gasteiger partial charge in [-0.1, -0.05) is 12.8 Å². The highest BCUT2D eigenvalue weighted by molar-refractivity contribution is 8.00. The molecule has 12 heteroatoms. The van der Waals surface area contributed by atoms with Gasteiger partial charge in [0.15, 0.2) is 0 Å². The first-order chi connectivity index (χ1) is 19.0. The summed E-state index contributed by atoms with van der Waals surface area (Å²) in [5, 5.41) is 2.53. The molecule has 0 radical (unpaired) electrons. The van der Waals surface area contributed by atoms with Gasteiger partial charge in [-0.2, -0.15) is 0 Å². The number of nitrogens with two attached hydrogens (primary N) is 1. The molecule has 1 saturated heterocycles. The molecule has 39 heavy (non-hydrogen) atoms. The van der Waals surface area contributed by atoms with Gasteiger partial charge in [0, 0.05) is 38.1 Å². The van der Waals surface area contributed by atoms with Crippen LogP contribution < -0.4 is 11.1 Å². The lowest BCUT2D eigenvalue weighted by atomic mass is 10.1. The fraction of sp³-hybridized carbons (Fsp3) is 0.852. The number of ether oxygens (including phenoxy) is 4. The molecule has 3 amide bonds. The third-order valence-corrected chi connectivity index (χ3v) is 7.13. The lowest BCUT2D eigenvalue weighted by Crippen LogP contribution is -2.32. The van der Waals surface area contributed by atoms with E-state index in [0.29, 0.717) is 91.1 Å². The van der Waals surface area contributed by atoms with E-state index in [1.54, 1.807) is 6.92 Å². The van der Waals surface area contributed by atoms with Gasteiger partial charge in [0.1, 0.15) is 5.78 Å². The number of carbonyl (C=O) groups excluding carboxylic acids is 4. The molecule has 0 aromatic carbocycles. The Balaban J connectivity index is 1.86. The predicted molar refractivity (Wildman–Crippen MR) is 151 cm³/mol. The number of carbonyl (C=O) groups is 4. The molecule has 1 atom stereocenters. The van der Waals surface area contributed by atoms with Crippen LogP contribution in [0.1, 0.15) is 64.7 Å². The van der Waals surface area contributed by atoms with E-state index < -0.39 is 0 Å². The van der Waals surface area contributed by atoms with Gasteiger partial charge in [0.25, 0.3) is 0 Å². The zero-order valence-electron chi connectivity index (χ0n) is 23.6. The lowest BCUT2D eigenvalue weighted by Gasteiger charge is -2.14. The largest absolute Gasteiger partial charge is 0.379 e. The van der Waals surface area contributed by atoms with Crippen molar-refractivity contribution in [3.8, 4) is 0 Å². The number of ketones is 1. The van der Waals surface area contributed by atoms with E-state index in [1.807, 2.05) is 0 Å². The number of amides is 3. The van der Waals surface area contributed by atoms with Gasteiger partial charge >= 0.3 is 0 Å². The van der Waals surface area contributed by atoms with Crippen LogP contribution in [-0.4, -0.2) is 112 Å². The summed E-state index contributed by atoms with van der Waals surface area (Å²) in [6.45, 7) is 6.90. The Bertz CT molecular complexity index is 698. The first-order valence-corrected chi connectivity index (χ1v) is 15.2. The molecule has 0 aromatic heterocycles. The van der Waals surface area contributed by atoms with Gasteiger partial charge in [0.2, 0.25) is 17.7 Å². The summed E-state index contributed by atoms with van der Waals surface area (Å²) >= 11 is 1.46. The predicted octanol–water partition coefficient (Wildman–Crippen LogP) is 1.70. The van der Waals surface area contributed by atoms with Crippen molar-refractivity contribution in [2.75, 3.05) is 78.2 Å². The molecule has 1 unspecified atom stereocenters. The molecule has 226 valence electrons. The van der Waals surface area contributed by atoms with Crippen molar-refractivity contribution >= 4 is 35.3 Å². The molecular weight excluding hydrogens is 526 g/mol. The van der Waals surface area contributed by atoms with Crippen LogP contribution in [-0.2, 0) is 38.1 Å². The molecule has 11 nitrogen and oxygen atoms in total. The number of unbranched alkanes of at least 4 members (excludes halogenated alkanes) is 4. The minimum Gasteiger partial charge on any atom is -0.379 e. The maximum absolute atomic E-state index is 12.5. The number of hydrogen-bond donors (Lipinski definition) is 2. The van der Waals surface area contributed by atoms with Crippen molar-refractivity contribution in [3.05, 3.63) is 0 Å². The molecule has 0 aliphatic carbocycles. The van der Waals surface area contributed by atoms with Crippen LogP contribution in [0.25, 0.3) is 0 Å². The van der Waals surface area contributed by atoms with Crippen molar-refractivity contribution < 1.29 is 38.1 Å². The number of hydrogen-bond acceptors (Lipinski definition) is 10. The van der Waals surface area contributed by atoms with Crippen LogP contribution in [0, 0.1) is 0 Å². The van der Waals surface area contributed by atoms with Gasteiger partial charge in [-0.3, -0.25) is 19.3 Å². The molecular formula is C27H49N3O8S. The highest BCUT2D eigenvalue weighted by atomic mass is 32.2. The maximum atomic E-state index is 12.5. The lowest BCUT2D eigenvalue weighted by molar-refractivity contribution is -0.138. The SMILES string of the molecule is CC(=O)CCCCCN1C(=O)CC(SCCOCCOCCOCCOCCC(=O)NCCCCCN)C1=O. The third-order valence-electron chi connectivity index (χ3n) is 5.95. The van der Waals surface area contributed by atoms with Crippen molar-refractivity contribution in [2.24, 2.45) is 5.73 Å². The average molecular weight is 576 g/mol. The Morgan fingerprint density at radius 3 is 2.10 bits per heavy atom. The fourth-order valence-corrected chi connectivity index (χ4v) is 4.81. The molecule has 1 heterocycles. The van der Waals surface area contributed by atoms with Crippen LogP contribution in [0.4, 0.5) is 0 Å². The number of likely N-dealkylation sites (tertiary alicyclic amines) is 1. The highest BCUT2D eigenvalue weighted by Gasteiger charge is 2.38. The second-order valence-electron chi connectivity index (χ2n) is 9.36. The van der Waals surface area contributed by atoms with E-state index in [9.17, 15) is 19.2 Å². The summed E-state index contributed by atoms with van der Waals surface area (Å²) in [5.41, 5.74) is 5.43. The van der Waals surface area contributed by atoms with Crippen molar-refractivity contribution in [2.45, 2.75) is 70.0 Å². The number of Topliss-reactive ketones (excluding diaryl/α,β-unsaturated/α-hetero) is 1. The van der Waals surface area contributed by atoms with Crippen LogP contribution in [0.3, 0.4) is 0 Å². The minimum atomic E-state index is -0.329. The Labute approximate surface area is 237 Å². The molecule has 1 rings (SSSR count). The Hall–Kier alpha value is -1.57. The zero-order chi connectivity index (χ0) is 28.6. The van der Waals surface area contributed by atoms with Gasteiger partial charge in [-0.05, 0) is 39.2 Å². The summed E-state index contributed by atoms with van der Waals surface area (Å²) in [6.07, 6.45) is 6.47. The van der Waals surface area contributed by atoms with E-state index in [4.69, 9.17) is 24.7 Å². The average Bonchev–Trinajstić information content (AvgIpc) is 3.17. The monoisotopic (exact) mass is 575 g/mol. The molecule has 0 saturated carbocycles. The van der Waals surface area contributed by atoms with E-state index >= 15 is 0 Å². The molecule has 1 fully saturated rings. The Kier molecular flexibility index (Phi) is 22.0. The van der Waals surface area contributed by atoms with Crippen LogP contribution in [0.15, 0.2) is 0 Å². The first kappa shape index (κ1) is 35.5. The van der Waals surface area contributed by atoms with Gasteiger partial charge in [-0.15, -0.1) is 11.8 Å². The molecule has 0 bridgehead atoms. The van der Waals surface area contributed by atoms with E-state index in [2.05, 4.69) is 5.32 Å². The number of imide groups is 1. The van der Waals surface area contributed by atoms with Crippen LogP contribution >= 0.6 is 11.8 Å². The summed E-state index contributed by atoms with van der Waals surface area (Å²) in [4.78, 5) is 48.6. The molecule has 0 aromatic rings. The molecule has 1 aliphatic heterocycles. The van der Waals surface area contributed by atoms with Crippen molar-refractivity contribution in [1.29, 1.82) is 0 Å². The molecule has 3 N–H and O–H groups in total. The van der Waals surface area contributed by atoms with Gasteiger partial charge in [-0.25, -0.2) is 0 Å². The second-order valence-corrected chi connectivity index (χ2v) is 10.7. The quantitative estimate of drug-likeness (QED) is 0.110. The van der Waals surface area contributed by atoms with Gasteiger partial charge < -0.3 is 34.8 Å². The zero-order valence-corrected chi connectivity index (χ0v) is 24.4. The Morgan fingerprint density at radius 2 is 1.46 bits per heavy atom. The number of nitrogens with one attached hydrogen (secondary N) is 1. The van der Waals surface area contributed by atoms with Crippen LogP contribution in [0.2, 0.25) is 0 Å². The highest BCUT2D eigenvalue weighted by Crippen LogP contribution is 2.25. The summed E-state index contributed by atoms with van der Waals surface area (Å²) < 4.78 is 21.9. The van der Waals surface area contributed by atoms with E-state index in [-0.39, 0.29) is 35.2 Å². The minimum absolute atomic E-state index is 0.00339. The van der Waals surface area contributed by atoms with Crippen molar-refractivity contribution in [3.63, 3.8) is 0 Å². The summed E-state index contributed by atoms with van der Waals surface area (Å²) in [7, 11) is 0. The first-order valence-electron chi connectivity index (χ1n) is 14.2. The number of nitrogens with zero attached hydrogens (tertiary/aromatic N) is 1. The maximum Gasteiger partial charge on any atom is 0.242 e. The molecule has 1 aliphatic rings.